The molecule has 5 heteroatoms. The van der Waals surface area contributed by atoms with Crippen LogP contribution in [0.3, 0.4) is 0 Å². The average molecular weight is 314 g/mol. The summed E-state index contributed by atoms with van der Waals surface area (Å²) in [5, 5.41) is 3.08. The number of carbonyl (C=O) groups is 1. The molecule has 5 nitrogen and oxygen atoms in total. The molecule has 1 N–H and O–H groups in total. The number of carbonyl (C=O) groups excluding carboxylic acids is 1. The van der Waals surface area contributed by atoms with Crippen LogP contribution >= 0.6 is 0 Å². The topological polar surface area (TPSA) is 50.8 Å². The van der Waals surface area contributed by atoms with E-state index in [0.717, 1.165) is 17.2 Å². The minimum Gasteiger partial charge on any atom is -0.490 e. The van der Waals surface area contributed by atoms with Crippen molar-refractivity contribution in [3.05, 3.63) is 54.6 Å². The summed E-state index contributed by atoms with van der Waals surface area (Å²) >= 11 is 0. The van der Waals surface area contributed by atoms with E-state index in [1.807, 2.05) is 54.6 Å². The summed E-state index contributed by atoms with van der Waals surface area (Å²) in [7, 11) is 3.46. The zero-order valence-corrected chi connectivity index (χ0v) is 13.5. The molecule has 0 saturated carbocycles. The summed E-state index contributed by atoms with van der Waals surface area (Å²) in [5.74, 6) is 1.59. The first kappa shape index (κ1) is 16.7. The van der Waals surface area contributed by atoms with Crippen LogP contribution < -0.4 is 14.8 Å². The molecule has 2 aromatic rings. The summed E-state index contributed by atoms with van der Waals surface area (Å²) in [4.78, 5) is 13.1. The van der Waals surface area contributed by atoms with Gasteiger partial charge in [0.15, 0.2) is 0 Å². The number of likely N-dealkylation sites (N-methyl/N-ethyl adjacent to an activating group) is 1. The van der Waals surface area contributed by atoms with E-state index in [9.17, 15) is 4.79 Å². The van der Waals surface area contributed by atoms with Gasteiger partial charge in [-0.15, -0.1) is 0 Å². The molecule has 0 spiro atoms. The molecule has 2 rings (SSSR count). The third kappa shape index (κ3) is 5.90. The Hall–Kier alpha value is -2.69. The van der Waals surface area contributed by atoms with Gasteiger partial charge in [0.2, 0.25) is 5.91 Å². The number of para-hydroxylation sites is 1. The second-order valence-electron chi connectivity index (χ2n) is 5.18. The first-order valence-electron chi connectivity index (χ1n) is 7.50. The zero-order chi connectivity index (χ0) is 16.5. The van der Waals surface area contributed by atoms with Crippen LogP contribution in [0.1, 0.15) is 0 Å². The third-order valence-electron chi connectivity index (χ3n) is 3.14. The Morgan fingerprint density at radius 3 is 2.30 bits per heavy atom. The molecule has 1 amide bonds. The molecule has 0 aliphatic heterocycles. The lowest BCUT2D eigenvalue weighted by Gasteiger charge is -2.13. The summed E-state index contributed by atoms with van der Waals surface area (Å²) in [5.41, 5.74) is 0.849. The van der Waals surface area contributed by atoms with Crippen molar-refractivity contribution in [2.24, 2.45) is 0 Å². The monoisotopic (exact) mass is 314 g/mol. The highest BCUT2D eigenvalue weighted by molar-refractivity contribution is 5.80. The Bertz CT molecular complexity index is 615. The predicted octanol–water partition coefficient (Wildman–Crippen LogP) is 2.64. The molecule has 23 heavy (non-hydrogen) atoms. The number of hydrogen-bond acceptors (Lipinski definition) is 4. The van der Waals surface area contributed by atoms with Gasteiger partial charge >= 0.3 is 0 Å². The number of hydrogen-bond donors (Lipinski definition) is 1. The summed E-state index contributed by atoms with van der Waals surface area (Å²) < 4.78 is 11.2. The molecule has 0 radical (unpaired) electrons. The Balaban J connectivity index is 1.75. The van der Waals surface area contributed by atoms with Crippen LogP contribution in [0.4, 0.5) is 5.69 Å². The molecular weight excluding hydrogens is 292 g/mol. The number of ether oxygens (including phenoxy) is 2. The molecule has 0 unspecified atom stereocenters. The zero-order valence-electron chi connectivity index (χ0n) is 13.5. The highest BCUT2D eigenvalue weighted by Gasteiger charge is 2.03. The van der Waals surface area contributed by atoms with Crippen LogP contribution in [0.25, 0.3) is 0 Å². The molecule has 0 aliphatic rings. The van der Waals surface area contributed by atoms with Crippen molar-refractivity contribution in [2.75, 3.05) is 39.2 Å². The molecule has 0 aromatic heterocycles. The minimum atomic E-state index is 0.0209. The number of amides is 1. The molecule has 0 fully saturated rings. The van der Waals surface area contributed by atoms with E-state index in [1.54, 1.807) is 19.0 Å². The van der Waals surface area contributed by atoms with Crippen molar-refractivity contribution < 1.29 is 14.3 Å². The van der Waals surface area contributed by atoms with E-state index in [1.165, 1.54) is 0 Å². The van der Waals surface area contributed by atoms with Gasteiger partial charge in [-0.3, -0.25) is 4.79 Å². The molecule has 2 aromatic carbocycles. The van der Waals surface area contributed by atoms with Crippen LogP contribution in [0.5, 0.6) is 11.5 Å². The number of nitrogens with zero attached hydrogens (tertiary/aromatic N) is 1. The van der Waals surface area contributed by atoms with E-state index in [4.69, 9.17) is 9.47 Å². The number of nitrogens with one attached hydrogen (secondary N) is 1. The van der Waals surface area contributed by atoms with E-state index < -0.39 is 0 Å². The lowest BCUT2D eigenvalue weighted by atomic mass is 10.3. The molecular formula is C18H22N2O3. The quantitative estimate of drug-likeness (QED) is 0.761. The van der Waals surface area contributed by atoms with Crippen LogP contribution in [0, 0.1) is 0 Å². The van der Waals surface area contributed by atoms with E-state index in [-0.39, 0.29) is 12.5 Å². The summed E-state index contributed by atoms with van der Waals surface area (Å²) in [6.45, 7) is 1.18. The molecule has 0 aliphatic carbocycles. The van der Waals surface area contributed by atoms with Gasteiger partial charge in [0.25, 0.3) is 0 Å². The van der Waals surface area contributed by atoms with Crippen molar-refractivity contribution >= 4 is 11.6 Å². The molecule has 0 atom stereocenters. The second-order valence-corrected chi connectivity index (χ2v) is 5.18. The minimum absolute atomic E-state index is 0.0209. The van der Waals surface area contributed by atoms with Crippen LogP contribution in [-0.2, 0) is 4.79 Å². The molecule has 0 bridgehead atoms. The smallest absolute Gasteiger partial charge is 0.241 e. The van der Waals surface area contributed by atoms with E-state index in [2.05, 4.69) is 5.32 Å². The van der Waals surface area contributed by atoms with Gasteiger partial charge in [0.1, 0.15) is 24.7 Å². The van der Waals surface area contributed by atoms with Crippen molar-refractivity contribution in [2.45, 2.75) is 0 Å². The highest BCUT2D eigenvalue weighted by Crippen LogP contribution is 2.17. The first-order valence-corrected chi connectivity index (χ1v) is 7.50. The summed E-state index contributed by atoms with van der Waals surface area (Å²) in [6.07, 6.45) is 0. The second kappa shape index (κ2) is 8.68. The largest absolute Gasteiger partial charge is 0.490 e. The van der Waals surface area contributed by atoms with Gasteiger partial charge in [0, 0.05) is 25.8 Å². The maximum absolute atomic E-state index is 11.6. The SMILES string of the molecule is CN(C)C(=O)CNc1cccc(OCCOc2ccccc2)c1. The van der Waals surface area contributed by atoms with Gasteiger partial charge in [-0.1, -0.05) is 24.3 Å². The Kier molecular flexibility index (Phi) is 6.29. The number of anilines is 1. The lowest BCUT2D eigenvalue weighted by molar-refractivity contribution is -0.126. The maximum atomic E-state index is 11.6. The summed E-state index contributed by atoms with van der Waals surface area (Å²) in [6, 6.07) is 17.2. The van der Waals surface area contributed by atoms with Crippen LogP contribution in [0.15, 0.2) is 54.6 Å². The molecule has 122 valence electrons. The van der Waals surface area contributed by atoms with Crippen molar-refractivity contribution in [1.82, 2.24) is 4.90 Å². The highest BCUT2D eigenvalue weighted by atomic mass is 16.5. The standard InChI is InChI=1S/C18H22N2O3/c1-20(2)18(21)14-19-15-7-6-10-17(13-15)23-12-11-22-16-8-4-3-5-9-16/h3-10,13,19H,11-12,14H2,1-2H3. The molecule has 0 saturated heterocycles. The normalized spacial score (nSPS) is 10.0. The first-order chi connectivity index (χ1) is 11.1. The Morgan fingerprint density at radius 1 is 0.957 bits per heavy atom. The van der Waals surface area contributed by atoms with Crippen molar-refractivity contribution in [3.63, 3.8) is 0 Å². The number of benzene rings is 2. The van der Waals surface area contributed by atoms with Gasteiger partial charge < -0.3 is 19.7 Å². The Morgan fingerprint density at radius 2 is 1.61 bits per heavy atom. The van der Waals surface area contributed by atoms with Crippen LogP contribution in [0.2, 0.25) is 0 Å². The van der Waals surface area contributed by atoms with E-state index >= 15 is 0 Å². The van der Waals surface area contributed by atoms with Gasteiger partial charge in [-0.05, 0) is 24.3 Å². The average Bonchev–Trinajstić information content (AvgIpc) is 2.58. The van der Waals surface area contributed by atoms with Gasteiger partial charge in [-0.2, -0.15) is 0 Å². The van der Waals surface area contributed by atoms with Gasteiger partial charge in [-0.25, -0.2) is 0 Å². The maximum Gasteiger partial charge on any atom is 0.241 e. The molecule has 0 heterocycles. The van der Waals surface area contributed by atoms with Gasteiger partial charge in [0.05, 0.1) is 6.54 Å². The number of rotatable bonds is 8. The third-order valence-corrected chi connectivity index (χ3v) is 3.14. The lowest BCUT2D eigenvalue weighted by Crippen LogP contribution is -2.28. The van der Waals surface area contributed by atoms with Crippen molar-refractivity contribution in [3.8, 4) is 11.5 Å². The fourth-order valence-corrected chi connectivity index (χ4v) is 1.87. The predicted molar refractivity (Wildman–Crippen MR) is 91.1 cm³/mol. The fourth-order valence-electron chi connectivity index (χ4n) is 1.87. The Labute approximate surface area is 136 Å². The van der Waals surface area contributed by atoms with Crippen molar-refractivity contribution in [1.29, 1.82) is 0 Å². The van der Waals surface area contributed by atoms with Crippen LogP contribution in [-0.4, -0.2) is 44.7 Å². The van der Waals surface area contributed by atoms with E-state index in [0.29, 0.717) is 13.2 Å². The fraction of sp³-hybridized carbons (Fsp3) is 0.278.